The number of rotatable bonds is 4. The number of hydrogen-bond acceptors (Lipinski definition) is 1. The van der Waals surface area contributed by atoms with Crippen molar-refractivity contribution in [1.29, 1.82) is 0 Å². The average Bonchev–Trinajstić information content (AvgIpc) is 2.32. The van der Waals surface area contributed by atoms with E-state index in [9.17, 15) is 0 Å². The van der Waals surface area contributed by atoms with Gasteiger partial charge < -0.3 is 5.32 Å². The van der Waals surface area contributed by atoms with Crippen molar-refractivity contribution < 1.29 is 58.2 Å². The molecule has 0 aromatic rings. The number of hydrogen-bond donors (Lipinski definition) is 1. The first-order chi connectivity index (χ1) is 7.25. The van der Waals surface area contributed by atoms with E-state index in [1.807, 2.05) is 27.7 Å². The Morgan fingerprint density at radius 3 is 1.50 bits per heavy atom. The van der Waals surface area contributed by atoms with E-state index in [4.69, 9.17) is 0 Å². The minimum atomic E-state index is 0. The predicted octanol–water partition coefficient (Wildman–Crippen LogP) is 1.78. The van der Waals surface area contributed by atoms with Crippen molar-refractivity contribution in [2.75, 3.05) is 0 Å². The zero-order valence-corrected chi connectivity index (χ0v) is 17.9. The second kappa shape index (κ2) is 14.8. The van der Waals surface area contributed by atoms with Gasteiger partial charge in [0.1, 0.15) is 0 Å². The van der Waals surface area contributed by atoms with Gasteiger partial charge in [-0.05, 0) is 6.04 Å². The van der Waals surface area contributed by atoms with Gasteiger partial charge in [-0.3, -0.25) is 6.54 Å². The molecule has 16 heavy (non-hydrogen) atoms. The van der Waals surface area contributed by atoms with Crippen molar-refractivity contribution in [3.8, 4) is 0 Å². The van der Waals surface area contributed by atoms with Gasteiger partial charge >= 0.3 is 58.2 Å². The molecule has 0 aromatic heterocycles. The Kier molecular flexibility index (Phi) is 21.2. The van der Waals surface area contributed by atoms with Crippen LogP contribution in [0.5, 0.6) is 0 Å². The van der Waals surface area contributed by atoms with Crippen molar-refractivity contribution >= 4 is 0 Å². The molecule has 0 amide bonds. The van der Waals surface area contributed by atoms with E-state index in [1.165, 1.54) is 25.7 Å². The zero-order chi connectivity index (χ0) is 12.3. The Hall–Kier alpha value is 1.77. The summed E-state index contributed by atoms with van der Waals surface area (Å²) >= 11 is 0. The molecule has 0 radical (unpaired) electrons. The molecular formula is C14H32NRb. The zero-order valence-electron chi connectivity index (χ0n) is 13.0. The summed E-state index contributed by atoms with van der Waals surface area (Å²) in [5.74, 6) is 0. The smallest absolute Gasteiger partial charge is 0.469 e. The molecule has 0 aliphatic carbocycles. The second-order valence-corrected chi connectivity index (χ2v) is 3.77. The molecule has 2 heteroatoms. The molecule has 1 fully saturated rings. The first-order valence-corrected chi connectivity index (χ1v) is 6.85. The van der Waals surface area contributed by atoms with E-state index in [1.54, 1.807) is 0 Å². The Morgan fingerprint density at radius 1 is 1.00 bits per heavy atom. The van der Waals surface area contributed by atoms with Crippen LogP contribution in [0.1, 0.15) is 74.1 Å². The third-order valence-corrected chi connectivity index (χ3v) is 2.91. The van der Waals surface area contributed by atoms with Crippen molar-refractivity contribution in [2.45, 2.75) is 80.2 Å². The molecule has 1 N–H and O–H groups in total. The Morgan fingerprint density at radius 2 is 1.38 bits per heavy atom. The molecule has 0 aromatic carbocycles. The summed E-state index contributed by atoms with van der Waals surface area (Å²) in [6.07, 6.45) is 5.33. The maximum atomic E-state index is 3.34. The molecule has 94 valence electrons. The van der Waals surface area contributed by atoms with Crippen LogP contribution >= 0.6 is 0 Å². The molecule has 1 unspecified atom stereocenters. The molecule has 1 aliphatic rings. The van der Waals surface area contributed by atoms with Crippen molar-refractivity contribution in [1.82, 2.24) is 5.32 Å². The van der Waals surface area contributed by atoms with Crippen LogP contribution in [-0.4, -0.2) is 6.04 Å². The fourth-order valence-electron chi connectivity index (χ4n) is 2.12. The molecule has 0 bridgehead atoms. The third kappa shape index (κ3) is 7.26. The van der Waals surface area contributed by atoms with Crippen molar-refractivity contribution in [2.24, 2.45) is 5.41 Å². The molecule has 1 saturated heterocycles. The van der Waals surface area contributed by atoms with Crippen LogP contribution < -0.4 is 63.5 Å². The van der Waals surface area contributed by atoms with E-state index in [2.05, 4.69) is 32.6 Å². The van der Waals surface area contributed by atoms with Crippen LogP contribution in [-0.2, 0) is 0 Å². The van der Waals surface area contributed by atoms with Gasteiger partial charge in [-0.15, -0.1) is 5.41 Å². The topological polar surface area (TPSA) is 12.0 Å². The molecule has 0 spiro atoms. The average molecular weight is 300 g/mol. The molecule has 1 heterocycles. The Bertz CT molecular complexity index is 120. The molecule has 1 atom stereocenters. The maximum Gasteiger partial charge on any atom is 1.00 e. The fourth-order valence-corrected chi connectivity index (χ4v) is 2.12. The van der Waals surface area contributed by atoms with Gasteiger partial charge in [-0.25, -0.2) is 0 Å². The van der Waals surface area contributed by atoms with Gasteiger partial charge in [0.2, 0.25) is 0 Å². The van der Waals surface area contributed by atoms with Gasteiger partial charge in [0.25, 0.3) is 0 Å². The summed E-state index contributed by atoms with van der Waals surface area (Å²) in [6, 6.07) is 0.711. The van der Waals surface area contributed by atoms with Crippen LogP contribution in [0, 0.1) is 12.0 Å². The van der Waals surface area contributed by atoms with E-state index >= 15 is 0 Å². The quantitative estimate of drug-likeness (QED) is 0.781. The first-order valence-electron chi connectivity index (χ1n) is 6.85. The van der Waals surface area contributed by atoms with E-state index in [0.29, 0.717) is 11.5 Å². The van der Waals surface area contributed by atoms with E-state index in [0.717, 1.165) is 0 Å². The summed E-state index contributed by atoms with van der Waals surface area (Å²) in [7, 11) is 0. The van der Waals surface area contributed by atoms with Crippen molar-refractivity contribution in [3.63, 3.8) is 0 Å². The van der Waals surface area contributed by atoms with Crippen molar-refractivity contribution in [3.05, 3.63) is 6.54 Å². The minimum Gasteiger partial charge on any atom is -0.469 e. The van der Waals surface area contributed by atoms with E-state index < -0.39 is 0 Å². The van der Waals surface area contributed by atoms with Gasteiger partial charge in [0.05, 0.1) is 0 Å². The number of nitrogens with one attached hydrogen (secondary N) is 1. The van der Waals surface area contributed by atoms with E-state index in [-0.39, 0.29) is 58.2 Å². The third-order valence-electron chi connectivity index (χ3n) is 2.91. The predicted molar refractivity (Wildman–Crippen MR) is 71.8 cm³/mol. The van der Waals surface area contributed by atoms with Gasteiger partial charge in [-0.1, -0.05) is 74.1 Å². The normalized spacial score (nSPS) is 20.1. The first kappa shape index (κ1) is 22.9. The molecular weight excluding hydrogens is 268 g/mol. The van der Waals surface area contributed by atoms with Crippen LogP contribution in [0.2, 0.25) is 0 Å². The summed E-state index contributed by atoms with van der Waals surface area (Å²) in [4.78, 5) is 0. The Balaban J connectivity index is -0.000000305. The monoisotopic (exact) mass is 299 g/mol. The van der Waals surface area contributed by atoms with Gasteiger partial charge in [-0.2, -0.15) is 0 Å². The molecule has 1 nitrogen and oxygen atoms in total. The second-order valence-electron chi connectivity index (χ2n) is 3.77. The molecule has 0 saturated carbocycles. The van der Waals surface area contributed by atoms with Crippen LogP contribution in [0.15, 0.2) is 0 Å². The SMILES string of the molecule is CC.CC.CCCC1(CCC)[CH-]NC1C.[Rb+]. The summed E-state index contributed by atoms with van der Waals surface area (Å²) < 4.78 is 0. The summed E-state index contributed by atoms with van der Waals surface area (Å²) in [5.41, 5.74) is 0.545. The molecule has 1 rings (SSSR count). The van der Waals surface area contributed by atoms with Gasteiger partial charge in [0, 0.05) is 0 Å². The summed E-state index contributed by atoms with van der Waals surface area (Å²) in [6.45, 7) is 17.2. The van der Waals surface area contributed by atoms with Gasteiger partial charge in [0.15, 0.2) is 0 Å². The largest absolute Gasteiger partial charge is 1.00 e. The molecule has 1 aliphatic heterocycles. The maximum absolute atomic E-state index is 3.34. The van der Waals surface area contributed by atoms with Crippen LogP contribution in [0.25, 0.3) is 0 Å². The standard InChI is InChI=1S/C10H20N.2C2H6.Rb/c1-4-6-10(7-5-2)8-11-9(10)3;2*1-2;/h8-9,11H,4-7H2,1-3H3;2*1-2H3;/q-1;;;+1. The summed E-state index contributed by atoms with van der Waals surface area (Å²) in [5, 5.41) is 3.34. The fraction of sp³-hybridized carbons (Fsp3) is 0.929. The van der Waals surface area contributed by atoms with Crippen LogP contribution in [0.3, 0.4) is 0 Å². The Labute approximate surface area is 153 Å². The minimum absolute atomic E-state index is 0. The van der Waals surface area contributed by atoms with Crippen LogP contribution in [0.4, 0.5) is 0 Å².